The van der Waals surface area contributed by atoms with Gasteiger partial charge in [0.25, 0.3) is 5.56 Å². The molecule has 0 bridgehead atoms. The standard InChI is InChI=1S/C12H19ClN4O/c1-16(6-5-14)11-10(13)7-15-17(12(11)18)8-9-3-2-4-9/h7,9H,2-6,8,14H2,1H3. The van der Waals surface area contributed by atoms with E-state index in [1.165, 1.54) is 23.9 Å². The molecular formula is C12H19ClN4O. The fraction of sp³-hybridized carbons (Fsp3) is 0.667. The lowest BCUT2D eigenvalue weighted by atomic mass is 9.85. The van der Waals surface area contributed by atoms with Gasteiger partial charge in [0.2, 0.25) is 0 Å². The van der Waals surface area contributed by atoms with Crippen molar-refractivity contribution in [1.82, 2.24) is 9.78 Å². The van der Waals surface area contributed by atoms with Gasteiger partial charge in [0.1, 0.15) is 5.69 Å². The number of halogens is 1. The van der Waals surface area contributed by atoms with Crippen molar-refractivity contribution in [3.63, 3.8) is 0 Å². The minimum atomic E-state index is -0.120. The van der Waals surface area contributed by atoms with Crippen LogP contribution in [0.25, 0.3) is 0 Å². The second-order valence-electron chi connectivity index (χ2n) is 4.84. The summed E-state index contributed by atoms with van der Waals surface area (Å²) in [6.07, 6.45) is 5.17. The summed E-state index contributed by atoms with van der Waals surface area (Å²) in [5, 5.41) is 4.51. The minimum absolute atomic E-state index is 0.120. The lowest BCUT2D eigenvalue weighted by molar-refractivity contribution is 0.262. The number of rotatable bonds is 5. The van der Waals surface area contributed by atoms with Crippen LogP contribution in [0.4, 0.5) is 5.69 Å². The maximum atomic E-state index is 12.3. The summed E-state index contributed by atoms with van der Waals surface area (Å²) in [4.78, 5) is 14.1. The van der Waals surface area contributed by atoms with Crippen LogP contribution in [0.15, 0.2) is 11.0 Å². The molecule has 1 aliphatic rings. The average Bonchev–Trinajstić information content (AvgIpc) is 2.26. The predicted octanol–water partition coefficient (Wildman–Crippen LogP) is 1.09. The number of nitrogens with two attached hydrogens (primary N) is 1. The van der Waals surface area contributed by atoms with Crippen LogP contribution in [0.3, 0.4) is 0 Å². The molecule has 0 spiro atoms. The van der Waals surface area contributed by atoms with Crippen LogP contribution < -0.4 is 16.2 Å². The highest BCUT2D eigenvalue weighted by Gasteiger charge is 2.21. The van der Waals surface area contributed by atoms with Gasteiger partial charge in [0, 0.05) is 26.7 Å². The Labute approximate surface area is 112 Å². The van der Waals surface area contributed by atoms with Crippen LogP contribution in [-0.4, -0.2) is 29.9 Å². The normalized spacial score (nSPS) is 15.5. The third-order valence-electron chi connectivity index (χ3n) is 3.48. The highest BCUT2D eigenvalue weighted by molar-refractivity contribution is 6.33. The molecule has 0 atom stereocenters. The third-order valence-corrected chi connectivity index (χ3v) is 3.75. The number of anilines is 1. The van der Waals surface area contributed by atoms with E-state index in [0.29, 0.717) is 36.3 Å². The minimum Gasteiger partial charge on any atom is -0.368 e. The molecule has 5 nitrogen and oxygen atoms in total. The number of likely N-dealkylation sites (N-methyl/N-ethyl adjacent to an activating group) is 1. The summed E-state index contributed by atoms with van der Waals surface area (Å²) < 4.78 is 1.53. The molecule has 6 heteroatoms. The molecule has 0 saturated heterocycles. The molecule has 2 rings (SSSR count). The Balaban J connectivity index is 2.26. The van der Waals surface area contributed by atoms with Crippen LogP contribution in [0.1, 0.15) is 19.3 Å². The molecule has 1 aliphatic carbocycles. The zero-order valence-corrected chi connectivity index (χ0v) is 11.4. The Kier molecular flexibility index (Phi) is 4.24. The van der Waals surface area contributed by atoms with Gasteiger partial charge >= 0.3 is 0 Å². The summed E-state index contributed by atoms with van der Waals surface area (Å²) in [7, 11) is 1.82. The highest BCUT2D eigenvalue weighted by Crippen LogP contribution is 2.27. The van der Waals surface area contributed by atoms with Gasteiger partial charge in [-0.25, -0.2) is 4.68 Å². The van der Waals surface area contributed by atoms with E-state index in [0.717, 1.165) is 0 Å². The van der Waals surface area contributed by atoms with Gasteiger partial charge in [-0.15, -0.1) is 0 Å². The summed E-state index contributed by atoms with van der Waals surface area (Å²) >= 11 is 6.06. The van der Waals surface area contributed by atoms with Crippen LogP contribution >= 0.6 is 11.6 Å². The van der Waals surface area contributed by atoms with E-state index in [1.807, 2.05) is 7.05 Å². The SMILES string of the molecule is CN(CCN)c1c(Cl)cnn(CC2CCC2)c1=O. The van der Waals surface area contributed by atoms with Crippen LogP contribution in [-0.2, 0) is 6.54 Å². The summed E-state index contributed by atoms with van der Waals surface area (Å²) in [6.45, 7) is 1.78. The molecule has 0 radical (unpaired) electrons. The van der Waals surface area contributed by atoms with E-state index >= 15 is 0 Å². The monoisotopic (exact) mass is 270 g/mol. The lowest BCUT2D eigenvalue weighted by Crippen LogP contribution is -2.35. The first kappa shape index (κ1) is 13.4. The molecule has 1 aromatic rings. The van der Waals surface area contributed by atoms with Crippen LogP contribution in [0.2, 0.25) is 5.02 Å². The Hall–Kier alpha value is -1.07. The van der Waals surface area contributed by atoms with Gasteiger partial charge in [-0.05, 0) is 18.8 Å². The average molecular weight is 271 g/mol. The molecule has 0 amide bonds. The van der Waals surface area contributed by atoms with Crippen molar-refractivity contribution in [2.45, 2.75) is 25.8 Å². The number of hydrogen-bond donors (Lipinski definition) is 1. The van der Waals surface area contributed by atoms with E-state index in [-0.39, 0.29) is 5.56 Å². The molecule has 1 fully saturated rings. The largest absolute Gasteiger partial charge is 0.368 e. The van der Waals surface area contributed by atoms with Crippen molar-refractivity contribution in [1.29, 1.82) is 0 Å². The molecule has 2 N–H and O–H groups in total. The number of nitrogens with zero attached hydrogens (tertiary/aromatic N) is 3. The first-order valence-corrected chi connectivity index (χ1v) is 6.68. The second kappa shape index (κ2) is 5.71. The molecule has 0 aromatic carbocycles. The summed E-state index contributed by atoms with van der Waals surface area (Å²) in [5.74, 6) is 0.587. The van der Waals surface area contributed by atoms with E-state index in [2.05, 4.69) is 5.10 Å². The fourth-order valence-electron chi connectivity index (χ4n) is 2.16. The molecule has 18 heavy (non-hydrogen) atoms. The topological polar surface area (TPSA) is 64.2 Å². The molecular weight excluding hydrogens is 252 g/mol. The van der Waals surface area contributed by atoms with Gasteiger partial charge in [-0.1, -0.05) is 18.0 Å². The lowest BCUT2D eigenvalue weighted by Gasteiger charge is -2.26. The van der Waals surface area contributed by atoms with Crippen molar-refractivity contribution >= 4 is 17.3 Å². The molecule has 1 saturated carbocycles. The number of hydrogen-bond acceptors (Lipinski definition) is 4. The Morgan fingerprint density at radius 3 is 2.89 bits per heavy atom. The van der Waals surface area contributed by atoms with Gasteiger partial charge in [-0.3, -0.25) is 4.79 Å². The van der Waals surface area contributed by atoms with E-state index in [9.17, 15) is 4.79 Å². The van der Waals surface area contributed by atoms with Gasteiger partial charge in [0.15, 0.2) is 0 Å². The Morgan fingerprint density at radius 1 is 1.61 bits per heavy atom. The molecule has 1 aromatic heterocycles. The third kappa shape index (κ3) is 2.67. The maximum absolute atomic E-state index is 12.3. The van der Waals surface area contributed by atoms with Crippen LogP contribution in [0, 0.1) is 5.92 Å². The van der Waals surface area contributed by atoms with E-state index < -0.39 is 0 Å². The first-order chi connectivity index (χ1) is 8.63. The second-order valence-corrected chi connectivity index (χ2v) is 5.24. The van der Waals surface area contributed by atoms with Gasteiger partial charge < -0.3 is 10.6 Å². The van der Waals surface area contributed by atoms with Crippen molar-refractivity contribution < 1.29 is 0 Å². The predicted molar refractivity (Wildman–Crippen MR) is 73.2 cm³/mol. The quantitative estimate of drug-likeness (QED) is 0.870. The van der Waals surface area contributed by atoms with E-state index in [4.69, 9.17) is 17.3 Å². The van der Waals surface area contributed by atoms with Crippen molar-refractivity contribution in [3.8, 4) is 0 Å². The zero-order chi connectivity index (χ0) is 13.1. The maximum Gasteiger partial charge on any atom is 0.291 e. The molecule has 100 valence electrons. The molecule has 0 unspecified atom stereocenters. The summed E-state index contributed by atoms with van der Waals surface area (Å²) in [5.41, 5.74) is 5.88. The number of aromatic nitrogens is 2. The van der Waals surface area contributed by atoms with Gasteiger partial charge in [0.05, 0.1) is 11.2 Å². The first-order valence-electron chi connectivity index (χ1n) is 6.30. The molecule has 0 aliphatic heterocycles. The van der Waals surface area contributed by atoms with Crippen molar-refractivity contribution in [2.75, 3.05) is 25.0 Å². The molecule has 1 heterocycles. The summed E-state index contributed by atoms with van der Waals surface area (Å²) in [6, 6.07) is 0. The highest BCUT2D eigenvalue weighted by atomic mass is 35.5. The zero-order valence-electron chi connectivity index (χ0n) is 10.6. The van der Waals surface area contributed by atoms with Gasteiger partial charge in [-0.2, -0.15) is 5.10 Å². The smallest absolute Gasteiger partial charge is 0.291 e. The fourth-order valence-corrected chi connectivity index (χ4v) is 2.43. The van der Waals surface area contributed by atoms with Crippen molar-refractivity contribution in [3.05, 3.63) is 21.6 Å². The Bertz CT molecular complexity index is 470. The van der Waals surface area contributed by atoms with Crippen LogP contribution in [0.5, 0.6) is 0 Å². The Morgan fingerprint density at radius 2 is 2.33 bits per heavy atom. The van der Waals surface area contributed by atoms with E-state index in [1.54, 1.807) is 11.1 Å². The van der Waals surface area contributed by atoms with Crippen molar-refractivity contribution in [2.24, 2.45) is 11.7 Å².